The normalized spacial score (nSPS) is 15.0. The second kappa shape index (κ2) is 8.34. The molecule has 4 rings (SSSR count). The van der Waals surface area contributed by atoms with Crippen LogP contribution in [0, 0.1) is 15.6 Å². The summed E-state index contributed by atoms with van der Waals surface area (Å²) < 4.78 is 30.1. The van der Waals surface area contributed by atoms with Crippen LogP contribution in [0.1, 0.15) is 0 Å². The molecule has 1 aliphatic heterocycles. The Labute approximate surface area is 170 Å². The molecule has 1 aliphatic rings. The third-order valence-corrected chi connectivity index (χ3v) is 5.84. The zero-order chi connectivity index (χ0) is 19.5. The molecule has 28 heavy (non-hydrogen) atoms. The Morgan fingerprint density at radius 1 is 0.964 bits per heavy atom. The Bertz CT molecular complexity index is 1010. The third kappa shape index (κ3) is 4.21. The van der Waals surface area contributed by atoms with E-state index >= 15 is 0 Å². The van der Waals surface area contributed by atoms with Crippen molar-refractivity contribution in [2.24, 2.45) is 0 Å². The maximum Gasteiger partial charge on any atom is 0.209 e. The van der Waals surface area contributed by atoms with Gasteiger partial charge in [0.2, 0.25) is 5.13 Å². The summed E-state index contributed by atoms with van der Waals surface area (Å²) in [5.41, 5.74) is 1.01. The molecule has 1 saturated heterocycles. The monoisotopic (exact) mass is 419 g/mol. The van der Waals surface area contributed by atoms with Crippen LogP contribution < -0.4 is 10.2 Å². The van der Waals surface area contributed by atoms with E-state index in [0.29, 0.717) is 27.1 Å². The zero-order valence-electron chi connectivity index (χ0n) is 15.0. The molecule has 2 heterocycles. The van der Waals surface area contributed by atoms with Crippen LogP contribution in [0.4, 0.5) is 25.3 Å². The van der Waals surface area contributed by atoms with E-state index in [-0.39, 0.29) is 11.6 Å². The molecule has 0 atom stereocenters. The highest BCUT2D eigenvalue weighted by atomic mass is 32.1. The smallest absolute Gasteiger partial charge is 0.209 e. The highest BCUT2D eigenvalue weighted by Crippen LogP contribution is 2.23. The van der Waals surface area contributed by atoms with Crippen LogP contribution in [-0.2, 0) is 6.67 Å². The number of para-hydroxylation sites is 2. The van der Waals surface area contributed by atoms with E-state index in [9.17, 15) is 8.78 Å². The van der Waals surface area contributed by atoms with E-state index in [1.54, 1.807) is 28.9 Å². The molecular formula is C19H19F2N5S2. The lowest BCUT2D eigenvalue weighted by molar-refractivity contribution is 0.195. The summed E-state index contributed by atoms with van der Waals surface area (Å²) in [6.45, 7) is 3.59. The summed E-state index contributed by atoms with van der Waals surface area (Å²) in [6, 6.07) is 13.3. The molecule has 9 heteroatoms. The summed E-state index contributed by atoms with van der Waals surface area (Å²) in [6.07, 6.45) is 0. The van der Waals surface area contributed by atoms with Crippen molar-refractivity contribution in [3.8, 4) is 0 Å². The number of benzene rings is 2. The van der Waals surface area contributed by atoms with Gasteiger partial charge in [0.1, 0.15) is 11.6 Å². The number of hydrogen-bond acceptors (Lipinski definition) is 6. The maximum absolute atomic E-state index is 14.0. The van der Waals surface area contributed by atoms with Gasteiger partial charge in [-0.3, -0.25) is 4.90 Å². The Hall–Kier alpha value is -2.36. The summed E-state index contributed by atoms with van der Waals surface area (Å²) in [5.74, 6) is -0.527. The molecular weight excluding hydrogens is 400 g/mol. The molecule has 3 aromatic rings. The highest BCUT2D eigenvalue weighted by Gasteiger charge is 2.20. The summed E-state index contributed by atoms with van der Waals surface area (Å²) in [5, 5.41) is 8.01. The Balaban J connectivity index is 1.38. The molecule has 0 aliphatic carbocycles. The van der Waals surface area contributed by atoms with Gasteiger partial charge in [-0.05, 0) is 36.5 Å². The molecule has 0 spiro atoms. The van der Waals surface area contributed by atoms with Crippen molar-refractivity contribution in [2.75, 3.05) is 36.4 Å². The minimum atomic E-state index is -0.334. The number of halogens is 2. The number of hydrogen-bond donors (Lipinski definition) is 1. The molecule has 5 nitrogen and oxygen atoms in total. The highest BCUT2D eigenvalue weighted by molar-refractivity contribution is 7.73. The van der Waals surface area contributed by atoms with E-state index in [1.807, 2.05) is 12.1 Å². The van der Waals surface area contributed by atoms with Crippen LogP contribution in [0.15, 0.2) is 48.5 Å². The van der Waals surface area contributed by atoms with Crippen molar-refractivity contribution in [3.05, 3.63) is 64.1 Å². The van der Waals surface area contributed by atoms with Crippen LogP contribution in [0.25, 0.3) is 0 Å². The van der Waals surface area contributed by atoms with Gasteiger partial charge in [0.05, 0.1) is 18.0 Å². The molecule has 0 bridgehead atoms. The first kappa shape index (κ1) is 19.0. The Kier molecular flexibility index (Phi) is 5.65. The number of nitrogens with one attached hydrogen (secondary N) is 1. The van der Waals surface area contributed by atoms with Crippen molar-refractivity contribution >= 4 is 40.1 Å². The number of aromatic nitrogens is 2. The molecule has 146 valence electrons. The van der Waals surface area contributed by atoms with Crippen LogP contribution in [0.3, 0.4) is 0 Å². The minimum Gasteiger partial charge on any atom is -0.367 e. The third-order valence-electron chi connectivity index (χ3n) is 4.62. The van der Waals surface area contributed by atoms with Crippen molar-refractivity contribution < 1.29 is 8.78 Å². The summed E-state index contributed by atoms with van der Waals surface area (Å²) in [7, 11) is 0. The second-order valence-corrected chi connectivity index (χ2v) is 8.10. The van der Waals surface area contributed by atoms with E-state index in [1.165, 1.54) is 23.5 Å². The first-order valence-electron chi connectivity index (χ1n) is 8.91. The van der Waals surface area contributed by atoms with Gasteiger partial charge in [0.25, 0.3) is 0 Å². The topological polar surface area (TPSA) is 36.3 Å². The first-order chi connectivity index (χ1) is 13.6. The zero-order valence-corrected chi connectivity index (χ0v) is 16.6. The quantitative estimate of drug-likeness (QED) is 0.618. The van der Waals surface area contributed by atoms with Crippen LogP contribution >= 0.6 is 23.6 Å². The maximum atomic E-state index is 14.0. The van der Waals surface area contributed by atoms with Gasteiger partial charge in [0.15, 0.2) is 3.95 Å². The predicted molar refractivity (Wildman–Crippen MR) is 111 cm³/mol. The van der Waals surface area contributed by atoms with Gasteiger partial charge in [0, 0.05) is 26.2 Å². The fourth-order valence-electron chi connectivity index (χ4n) is 3.15. The van der Waals surface area contributed by atoms with E-state index in [4.69, 9.17) is 12.2 Å². The molecule has 0 unspecified atom stereocenters. The number of piperazine rings is 1. The lowest BCUT2D eigenvalue weighted by Crippen LogP contribution is -2.47. The number of anilines is 3. The molecule has 0 radical (unpaired) electrons. The van der Waals surface area contributed by atoms with Gasteiger partial charge in [-0.1, -0.05) is 35.6 Å². The van der Waals surface area contributed by atoms with Crippen molar-refractivity contribution in [1.29, 1.82) is 0 Å². The van der Waals surface area contributed by atoms with Crippen LogP contribution in [0.2, 0.25) is 0 Å². The molecule has 1 N–H and O–H groups in total. The summed E-state index contributed by atoms with van der Waals surface area (Å²) in [4.78, 5) is 4.27. The Morgan fingerprint density at radius 3 is 2.36 bits per heavy atom. The van der Waals surface area contributed by atoms with E-state index in [2.05, 4.69) is 20.2 Å². The van der Waals surface area contributed by atoms with Gasteiger partial charge in [-0.15, -0.1) is 5.10 Å². The predicted octanol–water partition coefficient (Wildman–Crippen LogP) is 4.48. The number of nitrogens with zero attached hydrogens (tertiary/aromatic N) is 4. The first-order valence-corrected chi connectivity index (χ1v) is 10.1. The SMILES string of the molecule is Fc1ccccc1Nc1nn(CN2CCN(c3ccccc3F)CC2)c(=S)s1. The lowest BCUT2D eigenvalue weighted by Gasteiger charge is -2.35. The molecule has 1 fully saturated rings. The second-order valence-electron chi connectivity index (χ2n) is 6.48. The standard InChI is InChI=1S/C19H19F2N5S2/c20-14-5-1-3-7-16(14)22-18-23-26(19(27)28-18)13-24-9-11-25(12-10-24)17-8-4-2-6-15(17)21/h1-8H,9-13H2,(H,22,23). The Morgan fingerprint density at radius 2 is 1.64 bits per heavy atom. The molecule has 0 amide bonds. The average Bonchev–Trinajstić information content (AvgIpc) is 3.04. The molecule has 0 saturated carbocycles. The average molecular weight is 420 g/mol. The van der Waals surface area contributed by atoms with Crippen molar-refractivity contribution in [2.45, 2.75) is 6.67 Å². The van der Waals surface area contributed by atoms with Crippen LogP contribution in [0.5, 0.6) is 0 Å². The minimum absolute atomic E-state index is 0.193. The lowest BCUT2D eigenvalue weighted by atomic mass is 10.2. The van der Waals surface area contributed by atoms with Crippen molar-refractivity contribution in [1.82, 2.24) is 14.7 Å². The summed E-state index contributed by atoms with van der Waals surface area (Å²) >= 11 is 6.71. The van der Waals surface area contributed by atoms with Gasteiger partial charge >= 0.3 is 0 Å². The molecule has 1 aromatic heterocycles. The van der Waals surface area contributed by atoms with E-state index in [0.717, 1.165) is 26.2 Å². The van der Waals surface area contributed by atoms with Gasteiger partial charge < -0.3 is 10.2 Å². The van der Waals surface area contributed by atoms with Gasteiger partial charge in [-0.25, -0.2) is 13.5 Å². The van der Waals surface area contributed by atoms with Gasteiger partial charge in [-0.2, -0.15) is 0 Å². The van der Waals surface area contributed by atoms with Crippen molar-refractivity contribution in [3.63, 3.8) is 0 Å². The molecule has 2 aromatic carbocycles. The van der Waals surface area contributed by atoms with Crippen LogP contribution in [-0.4, -0.2) is 40.9 Å². The van der Waals surface area contributed by atoms with E-state index < -0.39 is 0 Å². The fraction of sp³-hybridized carbons (Fsp3) is 0.263. The largest absolute Gasteiger partial charge is 0.367 e. The fourth-order valence-corrected chi connectivity index (χ4v) is 4.16. The number of rotatable bonds is 5.